The van der Waals surface area contributed by atoms with Crippen LogP contribution in [0.5, 0.6) is 5.75 Å². The Bertz CT molecular complexity index is 1130. The van der Waals surface area contributed by atoms with Crippen molar-refractivity contribution in [2.45, 2.75) is 25.6 Å². The monoisotopic (exact) mass is 422 g/mol. The molecule has 0 aromatic heterocycles. The van der Waals surface area contributed by atoms with Crippen molar-refractivity contribution in [3.63, 3.8) is 0 Å². The number of oxime groups is 1. The normalized spacial score (nSPS) is 17.6. The minimum Gasteiger partial charge on any atom is -0.489 e. The van der Waals surface area contributed by atoms with Crippen molar-refractivity contribution in [2.75, 3.05) is 5.32 Å². The first kappa shape index (κ1) is 20.5. The van der Waals surface area contributed by atoms with E-state index in [0.717, 1.165) is 0 Å². The molecule has 3 aromatic carbocycles. The third-order valence-corrected chi connectivity index (χ3v) is 4.99. The molecule has 31 heavy (non-hydrogen) atoms. The molecular weight excluding hydrogens is 402 g/mol. The number of ether oxygens (including phenoxy) is 1. The third-order valence-electron chi connectivity index (χ3n) is 4.99. The summed E-state index contributed by atoms with van der Waals surface area (Å²) in [6, 6.07) is 19.3. The fourth-order valence-corrected chi connectivity index (χ4v) is 3.18. The summed E-state index contributed by atoms with van der Waals surface area (Å²) in [6.45, 7) is 1.70. The Hall–Kier alpha value is -3.74. The first-order chi connectivity index (χ1) is 14.9. The molecule has 0 unspecified atom stereocenters. The highest BCUT2D eigenvalue weighted by molar-refractivity contribution is 6.08. The second-order valence-electron chi connectivity index (χ2n) is 7.38. The van der Waals surface area contributed by atoms with Crippen molar-refractivity contribution in [3.05, 3.63) is 95.6 Å². The largest absolute Gasteiger partial charge is 0.489 e. The molecule has 0 saturated carbocycles. The number of hydrogen-bond acceptors (Lipinski definition) is 4. The highest BCUT2D eigenvalue weighted by Crippen LogP contribution is 2.29. The van der Waals surface area contributed by atoms with E-state index in [1.54, 1.807) is 67.6 Å². The molecule has 0 saturated heterocycles. The van der Waals surface area contributed by atoms with Crippen LogP contribution in [0.15, 0.2) is 78.0 Å². The Morgan fingerprint density at radius 3 is 2.42 bits per heavy atom. The van der Waals surface area contributed by atoms with Crippen molar-refractivity contribution in [1.82, 2.24) is 0 Å². The van der Waals surface area contributed by atoms with Crippen molar-refractivity contribution in [3.8, 4) is 5.75 Å². The highest BCUT2D eigenvalue weighted by atomic mass is 19.1. The van der Waals surface area contributed by atoms with Crippen LogP contribution < -0.4 is 10.1 Å². The first-order valence-corrected chi connectivity index (χ1v) is 9.72. The minimum atomic E-state index is -1.25. The Balaban J connectivity index is 1.35. The van der Waals surface area contributed by atoms with E-state index in [1.165, 1.54) is 12.1 Å². The fraction of sp³-hybridized carbons (Fsp3) is 0.167. The fourth-order valence-electron chi connectivity index (χ4n) is 3.18. The number of carbonyl (C=O) groups is 1. The topological polar surface area (TPSA) is 59.9 Å². The lowest BCUT2D eigenvalue weighted by atomic mass is 9.95. The van der Waals surface area contributed by atoms with Gasteiger partial charge in [-0.3, -0.25) is 4.79 Å². The zero-order chi connectivity index (χ0) is 21.8. The number of nitrogens with one attached hydrogen (secondary N) is 1. The Kier molecular flexibility index (Phi) is 5.66. The summed E-state index contributed by atoms with van der Waals surface area (Å²) in [6.07, 6.45) is 0.142. The number of amides is 1. The van der Waals surface area contributed by atoms with Gasteiger partial charge in [-0.1, -0.05) is 41.6 Å². The molecule has 0 aliphatic carbocycles. The van der Waals surface area contributed by atoms with Crippen LogP contribution in [0.3, 0.4) is 0 Å². The van der Waals surface area contributed by atoms with E-state index in [2.05, 4.69) is 10.5 Å². The molecule has 1 atom stereocenters. The molecule has 1 N–H and O–H groups in total. The number of nitrogens with zero attached hydrogens (tertiary/aromatic N) is 1. The number of halogens is 2. The molecule has 7 heteroatoms. The minimum absolute atomic E-state index is 0.0977. The van der Waals surface area contributed by atoms with Crippen LogP contribution in [0.2, 0.25) is 0 Å². The number of rotatable bonds is 6. The Labute approximate surface area is 178 Å². The molecule has 1 amide bonds. The lowest BCUT2D eigenvalue weighted by Crippen LogP contribution is -2.40. The van der Waals surface area contributed by atoms with Crippen molar-refractivity contribution < 1.29 is 23.1 Å². The molecule has 0 fully saturated rings. The van der Waals surface area contributed by atoms with E-state index in [9.17, 15) is 13.6 Å². The van der Waals surface area contributed by atoms with Gasteiger partial charge in [0.05, 0.1) is 5.71 Å². The van der Waals surface area contributed by atoms with Crippen LogP contribution in [0, 0.1) is 11.6 Å². The maximum atomic E-state index is 14.0. The summed E-state index contributed by atoms with van der Waals surface area (Å²) in [5.41, 5.74) is 0.435. The van der Waals surface area contributed by atoms with Crippen LogP contribution in [0.25, 0.3) is 0 Å². The summed E-state index contributed by atoms with van der Waals surface area (Å²) in [7, 11) is 0. The van der Waals surface area contributed by atoms with E-state index in [1.807, 2.05) is 0 Å². The van der Waals surface area contributed by atoms with Crippen LogP contribution in [-0.2, 0) is 16.2 Å². The molecule has 5 nitrogen and oxygen atoms in total. The SMILES string of the molecule is C[C@]1(C(=O)Nc2ccc(OCc3ccccc3F)cc2)CC(c2ccccc2F)=NO1. The van der Waals surface area contributed by atoms with Crippen LogP contribution >= 0.6 is 0 Å². The maximum absolute atomic E-state index is 14.0. The smallest absolute Gasteiger partial charge is 0.271 e. The zero-order valence-corrected chi connectivity index (χ0v) is 16.8. The van der Waals surface area contributed by atoms with E-state index >= 15 is 0 Å². The summed E-state index contributed by atoms with van der Waals surface area (Å²) < 4.78 is 33.3. The molecule has 1 aliphatic heterocycles. The average molecular weight is 422 g/mol. The molecule has 3 aromatic rings. The first-order valence-electron chi connectivity index (χ1n) is 9.72. The second-order valence-corrected chi connectivity index (χ2v) is 7.38. The summed E-state index contributed by atoms with van der Waals surface area (Å²) in [4.78, 5) is 18.1. The Morgan fingerprint density at radius 2 is 1.71 bits per heavy atom. The number of hydrogen-bond donors (Lipinski definition) is 1. The number of anilines is 1. The van der Waals surface area contributed by atoms with Crippen molar-refractivity contribution in [1.29, 1.82) is 0 Å². The summed E-state index contributed by atoms with van der Waals surface area (Å²) >= 11 is 0. The van der Waals surface area contributed by atoms with Crippen LogP contribution in [0.1, 0.15) is 24.5 Å². The van der Waals surface area contributed by atoms with Crippen LogP contribution in [-0.4, -0.2) is 17.2 Å². The lowest BCUT2D eigenvalue weighted by Gasteiger charge is -2.20. The standard InChI is InChI=1S/C24H20F2N2O3/c1-24(14-22(28-31-24)19-7-3-5-9-21(19)26)23(29)27-17-10-12-18(13-11-17)30-15-16-6-2-4-8-20(16)25/h2-13H,14-15H2,1H3,(H,27,29)/t24-/m1/s1. The summed E-state index contributed by atoms with van der Waals surface area (Å²) in [5, 5.41) is 6.70. The molecule has 1 aliphatic rings. The molecule has 1 heterocycles. The van der Waals surface area contributed by atoms with Gasteiger partial charge in [-0.25, -0.2) is 8.78 Å². The molecule has 4 rings (SSSR count). The molecule has 0 spiro atoms. The molecule has 0 bridgehead atoms. The van der Waals surface area contributed by atoms with E-state index < -0.39 is 17.3 Å². The van der Waals surface area contributed by atoms with Gasteiger partial charge in [-0.15, -0.1) is 0 Å². The maximum Gasteiger partial charge on any atom is 0.271 e. The van der Waals surface area contributed by atoms with Gasteiger partial charge in [-0.05, 0) is 43.3 Å². The second kappa shape index (κ2) is 8.55. The molecule has 0 radical (unpaired) electrons. The highest BCUT2D eigenvalue weighted by Gasteiger charge is 2.42. The predicted molar refractivity (Wildman–Crippen MR) is 113 cm³/mol. The van der Waals surface area contributed by atoms with Gasteiger partial charge in [0, 0.05) is 23.2 Å². The zero-order valence-electron chi connectivity index (χ0n) is 16.8. The van der Waals surface area contributed by atoms with Gasteiger partial charge in [0.2, 0.25) is 5.60 Å². The average Bonchev–Trinajstić information content (AvgIpc) is 3.18. The van der Waals surface area contributed by atoms with E-state index in [-0.39, 0.29) is 18.8 Å². The summed E-state index contributed by atoms with van der Waals surface area (Å²) in [5.74, 6) is -0.606. The number of benzene rings is 3. The van der Waals surface area contributed by atoms with Gasteiger partial charge in [0.25, 0.3) is 5.91 Å². The van der Waals surface area contributed by atoms with Gasteiger partial charge in [0.15, 0.2) is 0 Å². The van der Waals surface area contributed by atoms with Gasteiger partial charge in [0.1, 0.15) is 24.0 Å². The third kappa shape index (κ3) is 4.55. The Morgan fingerprint density at radius 1 is 1.03 bits per heavy atom. The number of carbonyl (C=O) groups excluding carboxylic acids is 1. The lowest BCUT2D eigenvalue weighted by molar-refractivity contribution is -0.135. The van der Waals surface area contributed by atoms with Crippen molar-refractivity contribution >= 4 is 17.3 Å². The van der Waals surface area contributed by atoms with E-state index in [4.69, 9.17) is 9.57 Å². The van der Waals surface area contributed by atoms with Crippen molar-refractivity contribution in [2.24, 2.45) is 5.16 Å². The van der Waals surface area contributed by atoms with Gasteiger partial charge in [-0.2, -0.15) is 0 Å². The van der Waals surface area contributed by atoms with E-state index in [0.29, 0.717) is 28.3 Å². The van der Waals surface area contributed by atoms with Gasteiger partial charge < -0.3 is 14.9 Å². The predicted octanol–water partition coefficient (Wildman–Crippen LogP) is 5.07. The quantitative estimate of drug-likeness (QED) is 0.604. The molecular formula is C24H20F2N2O3. The van der Waals surface area contributed by atoms with Crippen LogP contribution in [0.4, 0.5) is 14.5 Å². The van der Waals surface area contributed by atoms with Gasteiger partial charge >= 0.3 is 0 Å². The molecule has 158 valence electrons.